The molecule has 1 saturated heterocycles. The minimum absolute atomic E-state index is 0.365. The zero-order chi connectivity index (χ0) is 17.7. The van der Waals surface area contributed by atoms with Crippen LogP contribution in [0.1, 0.15) is 31.9 Å². The second-order valence-electron chi connectivity index (χ2n) is 6.21. The molecular weight excluding hydrogens is 316 g/mol. The molecule has 1 aliphatic rings. The molecule has 6 heteroatoms. The van der Waals surface area contributed by atoms with Gasteiger partial charge in [-0.2, -0.15) is 0 Å². The fourth-order valence-electron chi connectivity index (χ4n) is 2.94. The molecule has 0 saturated carbocycles. The number of ether oxygens (including phenoxy) is 2. The minimum Gasteiger partial charge on any atom is -0.385 e. The molecule has 0 bridgehead atoms. The summed E-state index contributed by atoms with van der Waals surface area (Å²) < 4.78 is 11.0. The summed E-state index contributed by atoms with van der Waals surface area (Å²) in [6.07, 6.45) is 6.14. The third-order valence-electron chi connectivity index (χ3n) is 4.28. The van der Waals surface area contributed by atoms with E-state index in [1.807, 2.05) is 18.3 Å². The van der Waals surface area contributed by atoms with Crippen molar-refractivity contribution in [2.75, 3.05) is 46.5 Å². The van der Waals surface area contributed by atoms with Crippen molar-refractivity contribution in [2.24, 2.45) is 4.99 Å². The highest BCUT2D eigenvalue weighted by Crippen LogP contribution is 2.14. The van der Waals surface area contributed by atoms with Gasteiger partial charge in [0.2, 0.25) is 0 Å². The molecule has 0 atom stereocenters. The molecular formula is C19H32N4O2. The zero-order valence-electron chi connectivity index (χ0n) is 15.6. The average molecular weight is 348 g/mol. The Hall–Kier alpha value is -1.66. The van der Waals surface area contributed by atoms with Crippen LogP contribution >= 0.6 is 0 Å². The number of pyridine rings is 1. The smallest absolute Gasteiger partial charge is 0.193 e. The fourth-order valence-corrected chi connectivity index (χ4v) is 2.94. The van der Waals surface area contributed by atoms with Crippen molar-refractivity contribution in [2.45, 2.75) is 38.7 Å². The minimum atomic E-state index is 0.365. The van der Waals surface area contributed by atoms with Crippen molar-refractivity contribution in [1.29, 1.82) is 0 Å². The number of nitrogens with one attached hydrogen (secondary N) is 1. The van der Waals surface area contributed by atoms with E-state index >= 15 is 0 Å². The van der Waals surface area contributed by atoms with Crippen LogP contribution in [0.25, 0.3) is 0 Å². The van der Waals surface area contributed by atoms with E-state index in [1.54, 1.807) is 7.11 Å². The Balaban J connectivity index is 1.75. The zero-order valence-corrected chi connectivity index (χ0v) is 15.6. The van der Waals surface area contributed by atoms with Crippen LogP contribution in [-0.4, -0.2) is 68.4 Å². The van der Waals surface area contributed by atoms with Gasteiger partial charge in [-0.25, -0.2) is 0 Å². The summed E-state index contributed by atoms with van der Waals surface area (Å²) in [5.74, 6) is 1.01. The molecule has 140 valence electrons. The van der Waals surface area contributed by atoms with Crippen molar-refractivity contribution in [1.82, 2.24) is 15.2 Å². The first-order chi connectivity index (χ1) is 12.3. The molecule has 0 aromatic carbocycles. The third-order valence-corrected chi connectivity index (χ3v) is 4.28. The van der Waals surface area contributed by atoms with Gasteiger partial charge >= 0.3 is 0 Å². The van der Waals surface area contributed by atoms with Crippen LogP contribution in [0.15, 0.2) is 29.4 Å². The van der Waals surface area contributed by atoms with Gasteiger partial charge in [-0.1, -0.05) is 6.07 Å². The number of piperidine rings is 1. The highest BCUT2D eigenvalue weighted by atomic mass is 16.5. The number of likely N-dealkylation sites (tertiary alicyclic amines) is 1. The van der Waals surface area contributed by atoms with Gasteiger partial charge in [0, 0.05) is 64.8 Å². The first-order valence-corrected chi connectivity index (χ1v) is 9.37. The van der Waals surface area contributed by atoms with Crippen LogP contribution in [0.5, 0.6) is 0 Å². The number of hydrogen-bond donors (Lipinski definition) is 1. The number of methoxy groups -OCH3 is 1. The molecule has 0 spiro atoms. The molecule has 0 aliphatic carbocycles. The molecule has 0 amide bonds. The Morgan fingerprint density at radius 3 is 2.84 bits per heavy atom. The van der Waals surface area contributed by atoms with Gasteiger partial charge in [-0.05, 0) is 38.3 Å². The van der Waals surface area contributed by atoms with Crippen LogP contribution in [0, 0.1) is 0 Å². The topological polar surface area (TPSA) is 59.0 Å². The molecule has 2 rings (SSSR count). The number of nitrogens with zero attached hydrogens (tertiary/aromatic N) is 3. The number of guanidine groups is 1. The van der Waals surface area contributed by atoms with E-state index in [4.69, 9.17) is 14.5 Å². The monoisotopic (exact) mass is 348 g/mol. The quantitative estimate of drug-likeness (QED) is 0.421. The lowest BCUT2D eigenvalue weighted by molar-refractivity contribution is 0.00991. The van der Waals surface area contributed by atoms with E-state index < -0.39 is 0 Å². The molecule has 1 fully saturated rings. The van der Waals surface area contributed by atoms with Gasteiger partial charge in [-0.3, -0.25) is 9.98 Å². The lowest BCUT2D eigenvalue weighted by Gasteiger charge is -2.34. The van der Waals surface area contributed by atoms with E-state index in [-0.39, 0.29) is 0 Å². The number of aliphatic imine (C=N–C) groups is 1. The van der Waals surface area contributed by atoms with E-state index in [2.05, 4.69) is 28.2 Å². The summed E-state index contributed by atoms with van der Waals surface area (Å²) in [6, 6.07) is 6.02. The van der Waals surface area contributed by atoms with Crippen molar-refractivity contribution in [3.63, 3.8) is 0 Å². The lowest BCUT2D eigenvalue weighted by atomic mass is 10.1. The lowest BCUT2D eigenvalue weighted by Crippen LogP contribution is -2.47. The number of aromatic nitrogens is 1. The van der Waals surface area contributed by atoms with Crippen LogP contribution in [0.3, 0.4) is 0 Å². The van der Waals surface area contributed by atoms with E-state index in [0.29, 0.717) is 6.10 Å². The standard InChI is InChI=1S/C19H32N4O2/c1-3-20-19(22-12-8-17-7-4-5-11-21-17)23-13-9-18(10-14-23)25-16-6-15-24-2/h4-5,7,11,18H,3,6,8-10,12-16H2,1-2H3,(H,20,22). The Morgan fingerprint density at radius 2 is 2.16 bits per heavy atom. The summed E-state index contributed by atoms with van der Waals surface area (Å²) in [5, 5.41) is 3.41. The molecule has 0 radical (unpaired) electrons. The van der Waals surface area contributed by atoms with Crippen LogP contribution < -0.4 is 5.32 Å². The Bertz CT molecular complexity index is 487. The van der Waals surface area contributed by atoms with Crippen molar-refractivity contribution >= 4 is 5.96 Å². The third kappa shape index (κ3) is 7.40. The Labute approximate surface area is 151 Å². The Kier molecular flexibility index (Phi) is 9.29. The SMILES string of the molecule is CCNC(=NCCc1ccccn1)N1CCC(OCCCOC)CC1. The van der Waals surface area contributed by atoms with Gasteiger partial charge in [-0.15, -0.1) is 0 Å². The molecule has 1 aliphatic heterocycles. The Morgan fingerprint density at radius 1 is 1.32 bits per heavy atom. The van der Waals surface area contributed by atoms with Gasteiger partial charge < -0.3 is 19.7 Å². The van der Waals surface area contributed by atoms with Crippen LogP contribution in [-0.2, 0) is 15.9 Å². The summed E-state index contributed by atoms with van der Waals surface area (Å²) in [4.78, 5) is 11.5. The predicted octanol–water partition coefficient (Wildman–Crippen LogP) is 2.11. The first-order valence-electron chi connectivity index (χ1n) is 9.37. The highest BCUT2D eigenvalue weighted by Gasteiger charge is 2.21. The molecule has 1 aromatic rings. The number of rotatable bonds is 9. The molecule has 0 unspecified atom stereocenters. The van der Waals surface area contributed by atoms with Gasteiger partial charge in [0.1, 0.15) is 0 Å². The van der Waals surface area contributed by atoms with E-state index in [1.165, 1.54) is 0 Å². The predicted molar refractivity (Wildman–Crippen MR) is 101 cm³/mol. The first kappa shape index (κ1) is 19.7. The van der Waals surface area contributed by atoms with Crippen molar-refractivity contribution in [3.8, 4) is 0 Å². The average Bonchev–Trinajstić information content (AvgIpc) is 2.66. The number of hydrogen-bond acceptors (Lipinski definition) is 4. The second-order valence-corrected chi connectivity index (χ2v) is 6.21. The summed E-state index contributed by atoms with van der Waals surface area (Å²) in [6.45, 7) is 7.29. The van der Waals surface area contributed by atoms with Crippen LogP contribution in [0.2, 0.25) is 0 Å². The fraction of sp³-hybridized carbons (Fsp3) is 0.684. The van der Waals surface area contributed by atoms with E-state index in [9.17, 15) is 0 Å². The van der Waals surface area contributed by atoms with Crippen molar-refractivity contribution in [3.05, 3.63) is 30.1 Å². The van der Waals surface area contributed by atoms with Crippen molar-refractivity contribution < 1.29 is 9.47 Å². The van der Waals surface area contributed by atoms with E-state index in [0.717, 1.165) is 76.7 Å². The summed E-state index contributed by atoms with van der Waals surface area (Å²) in [7, 11) is 1.73. The molecule has 1 aromatic heterocycles. The highest BCUT2D eigenvalue weighted by molar-refractivity contribution is 5.80. The molecule has 2 heterocycles. The molecule has 1 N–H and O–H groups in total. The van der Waals surface area contributed by atoms with Gasteiger partial charge in [0.15, 0.2) is 5.96 Å². The maximum absolute atomic E-state index is 5.94. The van der Waals surface area contributed by atoms with Gasteiger partial charge in [0.05, 0.1) is 6.10 Å². The maximum atomic E-state index is 5.94. The largest absolute Gasteiger partial charge is 0.385 e. The normalized spacial score (nSPS) is 16.2. The molecule has 25 heavy (non-hydrogen) atoms. The van der Waals surface area contributed by atoms with Crippen LogP contribution in [0.4, 0.5) is 0 Å². The summed E-state index contributed by atoms with van der Waals surface area (Å²) >= 11 is 0. The summed E-state index contributed by atoms with van der Waals surface area (Å²) in [5.41, 5.74) is 1.09. The second kappa shape index (κ2) is 11.8. The van der Waals surface area contributed by atoms with Gasteiger partial charge in [0.25, 0.3) is 0 Å². The maximum Gasteiger partial charge on any atom is 0.193 e. The molecule has 6 nitrogen and oxygen atoms in total.